The van der Waals surface area contributed by atoms with E-state index in [-0.39, 0.29) is 28.8 Å². The molecule has 1 aromatic carbocycles. The Morgan fingerprint density at radius 1 is 1.28 bits per heavy atom. The van der Waals surface area contributed by atoms with Crippen LogP contribution in [0.4, 0.5) is 8.78 Å². The molecule has 0 fully saturated rings. The van der Waals surface area contributed by atoms with E-state index in [2.05, 4.69) is 17.9 Å². The maximum Gasteiger partial charge on any atom is 0.293 e. The molecule has 25 heavy (non-hydrogen) atoms. The second kappa shape index (κ2) is 5.39. The molecule has 132 valence electrons. The Balaban J connectivity index is 2.15. The number of hydrogen-bond donors (Lipinski definition) is 0. The molecule has 0 aliphatic carbocycles. The molecule has 2 aromatic rings. The fourth-order valence-electron chi connectivity index (χ4n) is 3.88. The number of benzene rings is 1. The Hall–Kier alpha value is -2.21. The summed E-state index contributed by atoms with van der Waals surface area (Å²) in [6, 6.07) is 1.50. The average Bonchev–Trinajstić information content (AvgIpc) is 2.57. The van der Waals surface area contributed by atoms with Crippen molar-refractivity contribution in [3.8, 4) is 5.75 Å². The van der Waals surface area contributed by atoms with E-state index in [1.165, 1.54) is 24.6 Å². The Morgan fingerprint density at radius 2 is 2.00 bits per heavy atom. The van der Waals surface area contributed by atoms with Gasteiger partial charge in [-0.25, -0.2) is 8.78 Å². The number of aromatic nitrogens is 1. The first-order chi connectivity index (χ1) is 11.8. The highest BCUT2D eigenvalue weighted by atomic mass is 19.1. The highest BCUT2D eigenvalue weighted by Crippen LogP contribution is 2.42. The number of pyridine rings is 1. The third-order valence-electron chi connectivity index (χ3n) is 5.53. The second-order valence-electron chi connectivity index (χ2n) is 7.07. The summed E-state index contributed by atoms with van der Waals surface area (Å²) in [4.78, 5) is 14.9. The Morgan fingerprint density at radius 3 is 2.72 bits per heavy atom. The quantitative estimate of drug-likeness (QED) is 0.736. The van der Waals surface area contributed by atoms with E-state index >= 15 is 0 Å². The zero-order chi connectivity index (χ0) is 18.0. The summed E-state index contributed by atoms with van der Waals surface area (Å²) in [6.45, 7) is 4.62. The third kappa shape index (κ3) is 2.16. The van der Waals surface area contributed by atoms with Crippen LogP contribution in [-0.4, -0.2) is 35.7 Å². The molecule has 2 aliphatic heterocycles. The van der Waals surface area contributed by atoms with Crippen molar-refractivity contribution in [1.29, 1.82) is 0 Å². The minimum atomic E-state index is -0.693. The van der Waals surface area contributed by atoms with Crippen LogP contribution in [0.2, 0.25) is 0 Å². The molecule has 3 heterocycles. The van der Waals surface area contributed by atoms with Crippen molar-refractivity contribution in [1.82, 2.24) is 9.47 Å². The van der Waals surface area contributed by atoms with Gasteiger partial charge in [-0.15, -0.1) is 0 Å². The summed E-state index contributed by atoms with van der Waals surface area (Å²) in [5.74, 6) is -1.04. The van der Waals surface area contributed by atoms with E-state index in [0.717, 1.165) is 12.1 Å². The van der Waals surface area contributed by atoms with Crippen LogP contribution in [0.3, 0.4) is 0 Å². The van der Waals surface area contributed by atoms with Crippen molar-refractivity contribution in [2.75, 3.05) is 20.2 Å². The molecule has 2 aliphatic rings. The summed E-state index contributed by atoms with van der Waals surface area (Å²) >= 11 is 0. The van der Waals surface area contributed by atoms with Crippen LogP contribution >= 0.6 is 0 Å². The van der Waals surface area contributed by atoms with Gasteiger partial charge in [-0.2, -0.15) is 0 Å². The van der Waals surface area contributed by atoms with E-state index in [4.69, 9.17) is 4.74 Å². The lowest BCUT2D eigenvalue weighted by Crippen LogP contribution is -2.42. The second-order valence-corrected chi connectivity index (χ2v) is 7.07. The average molecular weight is 346 g/mol. The van der Waals surface area contributed by atoms with E-state index in [1.807, 2.05) is 7.05 Å². The molecule has 4 nitrogen and oxygen atoms in total. The maximum atomic E-state index is 14.8. The SMILES string of the molecule is Cc1c(F)cc2c3c(c(=O)n(C)c2c1F)OCC1CN(C)C(C)C=C31. The van der Waals surface area contributed by atoms with Crippen LogP contribution in [0.1, 0.15) is 18.1 Å². The van der Waals surface area contributed by atoms with Gasteiger partial charge in [0.05, 0.1) is 12.1 Å². The third-order valence-corrected chi connectivity index (χ3v) is 5.53. The van der Waals surface area contributed by atoms with Gasteiger partial charge in [0.25, 0.3) is 5.56 Å². The first-order valence-electron chi connectivity index (χ1n) is 8.37. The van der Waals surface area contributed by atoms with Gasteiger partial charge in [-0.05, 0) is 32.5 Å². The van der Waals surface area contributed by atoms with Crippen LogP contribution in [0.25, 0.3) is 16.5 Å². The van der Waals surface area contributed by atoms with Gasteiger partial charge in [-0.1, -0.05) is 6.08 Å². The lowest BCUT2D eigenvalue weighted by molar-refractivity contribution is 0.191. The molecule has 1 aromatic heterocycles. The van der Waals surface area contributed by atoms with Gasteiger partial charge in [0.15, 0.2) is 11.6 Å². The summed E-state index contributed by atoms with van der Waals surface area (Å²) in [5.41, 5.74) is 1.16. The Bertz CT molecular complexity index is 994. The van der Waals surface area contributed by atoms with Crippen molar-refractivity contribution in [3.05, 3.63) is 45.3 Å². The number of nitrogens with zero attached hydrogens (tertiary/aromatic N) is 2. The summed E-state index contributed by atoms with van der Waals surface area (Å²) < 4.78 is 36.0. The minimum Gasteiger partial charge on any atom is -0.487 e. The lowest BCUT2D eigenvalue weighted by Gasteiger charge is -2.38. The standard InChI is InChI=1S/C19H20F2N2O2/c1-9-5-12-11(7-22(9)3)8-25-18-15(12)13-6-14(20)10(2)16(21)17(13)23(4)19(18)24/h5-6,9,11H,7-8H2,1-4H3. The van der Waals surface area contributed by atoms with Crippen LogP contribution in [0.5, 0.6) is 5.75 Å². The van der Waals surface area contributed by atoms with Crippen molar-refractivity contribution < 1.29 is 13.5 Å². The van der Waals surface area contributed by atoms with E-state index in [1.54, 1.807) is 0 Å². The van der Waals surface area contributed by atoms with Crippen LogP contribution in [0.15, 0.2) is 16.9 Å². The molecule has 0 saturated heterocycles. The molecule has 0 radical (unpaired) electrons. The number of hydrogen-bond acceptors (Lipinski definition) is 3. The van der Waals surface area contributed by atoms with Gasteiger partial charge in [0.2, 0.25) is 0 Å². The number of fused-ring (bicyclic) bond motifs is 5. The number of aryl methyl sites for hydroxylation is 1. The lowest BCUT2D eigenvalue weighted by atomic mass is 9.83. The molecule has 2 atom stereocenters. The Labute approximate surface area is 144 Å². The van der Waals surface area contributed by atoms with Crippen molar-refractivity contribution >= 4 is 16.5 Å². The predicted octanol–water partition coefficient (Wildman–Crippen LogP) is 2.85. The largest absolute Gasteiger partial charge is 0.487 e. The molecular weight excluding hydrogens is 326 g/mol. The van der Waals surface area contributed by atoms with Gasteiger partial charge < -0.3 is 9.30 Å². The topological polar surface area (TPSA) is 34.5 Å². The summed E-state index contributed by atoms with van der Waals surface area (Å²) in [5, 5.41) is 0.394. The maximum absolute atomic E-state index is 14.8. The highest BCUT2D eigenvalue weighted by Gasteiger charge is 2.35. The molecule has 0 bridgehead atoms. The van der Waals surface area contributed by atoms with Crippen LogP contribution < -0.4 is 10.3 Å². The van der Waals surface area contributed by atoms with Crippen molar-refractivity contribution in [2.45, 2.75) is 19.9 Å². The van der Waals surface area contributed by atoms with E-state index in [9.17, 15) is 13.6 Å². The molecule has 4 rings (SSSR count). The zero-order valence-corrected chi connectivity index (χ0v) is 14.7. The fourth-order valence-corrected chi connectivity index (χ4v) is 3.88. The summed E-state index contributed by atoms with van der Waals surface area (Å²) in [6.07, 6.45) is 2.07. The number of halogens is 2. The predicted molar refractivity (Wildman–Crippen MR) is 92.9 cm³/mol. The van der Waals surface area contributed by atoms with Crippen molar-refractivity contribution in [3.63, 3.8) is 0 Å². The molecule has 0 N–H and O–H groups in total. The fraction of sp³-hybridized carbons (Fsp3) is 0.421. The Kier molecular flexibility index (Phi) is 3.51. The highest BCUT2D eigenvalue weighted by molar-refractivity contribution is 5.96. The van der Waals surface area contributed by atoms with Crippen molar-refractivity contribution in [2.24, 2.45) is 13.0 Å². The first-order valence-corrected chi connectivity index (χ1v) is 8.37. The molecule has 0 amide bonds. The molecule has 0 spiro atoms. The van der Waals surface area contributed by atoms with E-state index in [0.29, 0.717) is 17.6 Å². The zero-order valence-electron chi connectivity index (χ0n) is 14.7. The normalized spacial score (nSPS) is 23.0. The number of ether oxygens (including phenoxy) is 1. The molecule has 0 saturated carbocycles. The van der Waals surface area contributed by atoms with Crippen LogP contribution in [0, 0.1) is 24.5 Å². The van der Waals surface area contributed by atoms with Gasteiger partial charge in [0.1, 0.15) is 5.82 Å². The van der Waals surface area contributed by atoms with E-state index < -0.39 is 17.2 Å². The molecule has 2 unspecified atom stereocenters. The number of likely N-dealkylation sites (N-methyl/N-ethyl adjacent to an activating group) is 1. The van der Waals surface area contributed by atoms with Gasteiger partial charge in [-0.3, -0.25) is 9.69 Å². The smallest absolute Gasteiger partial charge is 0.293 e. The van der Waals surface area contributed by atoms with Crippen LogP contribution in [-0.2, 0) is 7.05 Å². The van der Waals surface area contributed by atoms with Gasteiger partial charge in [0, 0.05) is 42.1 Å². The minimum absolute atomic E-state index is 0.0800. The molecular formula is C19H20F2N2O2. The monoisotopic (exact) mass is 346 g/mol. The van der Waals surface area contributed by atoms with Gasteiger partial charge >= 0.3 is 0 Å². The number of rotatable bonds is 0. The first kappa shape index (κ1) is 16.3. The molecule has 6 heteroatoms. The summed E-state index contributed by atoms with van der Waals surface area (Å²) in [7, 11) is 3.52.